The molecule has 2 N–H and O–H groups in total. The predicted octanol–water partition coefficient (Wildman–Crippen LogP) is 2.98. The smallest absolute Gasteiger partial charge is 0.332 e. The van der Waals surface area contributed by atoms with Crippen molar-refractivity contribution in [1.82, 2.24) is 0 Å². The van der Waals surface area contributed by atoms with Gasteiger partial charge in [0.25, 0.3) is 5.91 Å². The minimum atomic E-state index is -1.06. The van der Waals surface area contributed by atoms with E-state index in [2.05, 4.69) is 5.32 Å². The highest BCUT2D eigenvalue weighted by atomic mass is 19.1. The van der Waals surface area contributed by atoms with Crippen LogP contribution in [0.3, 0.4) is 0 Å². The summed E-state index contributed by atoms with van der Waals surface area (Å²) in [6, 6.07) is 12.9. The lowest BCUT2D eigenvalue weighted by Gasteiger charge is -2.13. The number of carboxylic acids is 1. The van der Waals surface area contributed by atoms with Gasteiger partial charge in [-0.05, 0) is 42.7 Å². The fourth-order valence-electron chi connectivity index (χ4n) is 2.70. The molecule has 2 atom stereocenters. The van der Waals surface area contributed by atoms with Gasteiger partial charge in [0.1, 0.15) is 24.3 Å². The van der Waals surface area contributed by atoms with Crippen molar-refractivity contribution in [2.45, 2.75) is 31.7 Å². The van der Waals surface area contributed by atoms with Gasteiger partial charge in [-0.3, -0.25) is 4.79 Å². The van der Waals surface area contributed by atoms with Gasteiger partial charge in [0.15, 0.2) is 6.10 Å². The Morgan fingerprint density at radius 3 is 2.65 bits per heavy atom. The zero-order valence-corrected chi connectivity index (χ0v) is 13.9. The molecule has 136 valence electrons. The van der Waals surface area contributed by atoms with Crippen LogP contribution in [0.5, 0.6) is 5.75 Å². The molecule has 0 saturated carbocycles. The maximum absolute atomic E-state index is 13.1. The quantitative estimate of drug-likeness (QED) is 0.828. The lowest BCUT2D eigenvalue weighted by atomic mass is 10.1. The number of nitrogens with one attached hydrogen (secondary N) is 1. The molecule has 1 amide bonds. The molecular formula is C19H18FNO5. The third kappa shape index (κ3) is 4.58. The molecule has 1 aliphatic rings. The van der Waals surface area contributed by atoms with Crippen molar-refractivity contribution in [2.24, 2.45) is 0 Å². The molecule has 1 heterocycles. The van der Waals surface area contributed by atoms with Crippen molar-refractivity contribution in [3.05, 3.63) is 59.9 Å². The monoisotopic (exact) mass is 359 g/mol. The fraction of sp³-hybridized carbons (Fsp3) is 0.263. The third-order valence-corrected chi connectivity index (χ3v) is 3.98. The summed E-state index contributed by atoms with van der Waals surface area (Å²) in [6.07, 6.45) is -1.03. The van der Waals surface area contributed by atoms with Crippen molar-refractivity contribution in [3.63, 3.8) is 0 Å². The molecule has 0 bridgehead atoms. The first-order valence-electron chi connectivity index (χ1n) is 8.18. The van der Waals surface area contributed by atoms with E-state index < -0.39 is 18.2 Å². The number of anilines is 1. The van der Waals surface area contributed by atoms with Gasteiger partial charge in [0.05, 0.1) is 0 Å². The fourth-order valence-corrected chi connectivity index (χ4v) is 2.70. The van der Waals surface area contributed by atoms with Crippen LogP contribution in [-0.4, -0.2) is 29.2 Å². The molecule has 0 radical (unpaired) electrons. The summed E-state index contributed by atoms with van der Waals surface area (Å²) in [5, 5.41) is 11.6. The second kappa shape index (κ2) is 7.97. The third-order valence-electron chi connectivity index (χ3n) is 3.98. The van der Waals surface area contributed by atoms with Gasteiger partial charge < -0.3 is 19.9 Å². The lowest BCUT2D eigenvalue weighted by Crippen LogP contribution is -2.29. The summed E-state index contributed by atoms with van der Waals surface area (Å²) in [4.78, 5) is 23.1. The number of hydrogen-bond acceptors (Lipinski definition) is 4. The number of aliphatic carboxylic acids is 1. The van der Waals surface area contributed by atoms with Crippen LogP contribution >= 0.6 is 0 Å². The number of amides is 1. The van der Waals surface area contributed by atoms with Gasteiger partial charge in [-0.25, -0.2) is 9.18 Å². The van der Waals surface area contributed by atoms with Crippen LogP contribution in [0.25, 0.3) is 0 Å². The van der Waals surface area contributed by atoms with Gasteiger partial charge >= 0.3 is 5.97 Å². The van der Waals surface area contributed by atoms with E-state index >= 15 is 0 Å². The summed E-state index contributed by atoms with van der Waals surface area (Å²) in [5.74, 6) is -1.40. The second-order valence-electron chi connectivity index (χ2n) is 5.96. The minimum Gasteiger partial charge on any atom is -0.489 e. The first-order chi connectivity index (χ1) is 12.5. The summed E-state index contributed by atoms with van der Waals surface area (Å²) in [6.45, 7) is 0.216. The number of hydrogen-bond donors (Lipinski definition) is 2. The number of carbonyl (C=O) groups excluding carboxylic acids is 1. The number of rotatable bonds is 6. The van der Waals surface area contributed by atoms with Crippen LogP contribution in [0.15, 0.2) is 48.5 Å². The number of carbonyl (C=O) groups is 2. The maximum atomic E-state index is 13.1. The Kier molecular flexibility index (Phi) is 5.48. The highest BCUT2D eigenvalue weighted by molar-refractivity contribution is 5.94. The molecule has 2 aromatic carbocycles. The average Bonchev–Trinajstić information content (AvgIpc) is 3.11. The highest BCUT2D eigenvalue weighted by Crippen LogP contribution is 2.22. The van der Waals surface area contributed by atoms with E-state index in [9.17, 15) is 14.0 Å². The predicted molar refractivity (Wildman–Crippen MR) is 91.3 cm³/mol. The Morgan fingerprint density at radius 2 is 1.92 bits per heavy atom. The standard InChI is InChI=1S/C19H18FNO5/c20-13-4-2-6-15(10-13)25-11-12-3-1-5-14(9-12)21-18(22)16-7-8-17(26-16)19(23)24/h1-6,9-10,16-17H,7-8,11H2,(H,21,22)(H,23,24)/t16-,17+/m0/s1. The van der Waals surface area contributed by atoms with E-state index in [4.69, 9.17) is 14.6 Å². The first-order valence-corrected chi connectivity index (χ1v) is 8.18. The number of benzene rings is 2. The van der Waals surface area contributed by atoms with Crippen molar-refractivity contribution in [3.8, 4) is 5.75 Å². The minimum absolute atomic E-state index is 0.216. The molecule has 3 rings (SSSR count). The largest absolute Gasteiger partial charge is 0.489 e. The van der Waals surface area contributed by atoms with Crippen molar-refractivity contribution in [2.75, 3.05) is 5.32 Å². The van der Waals surface area contributed by atoms with Crippen LogP contribution in [-0.2, 0) is 20.9 Å². The van der Waals surface area contributed by atoms with Gasteiger partial charge in [-0.1, -0.05) is 18.2 Å². The molecule has 0 aliphatic carbocycles. The average molecular weight is 359 g/mol. The molecule has 1 saturated heterocycles. The van der Waals surface area contributed by atoms with E-state index in [-0.39, 0.29) is 18.3 Å². The van der Waals surface area contributed by atoms with E-state index in [0.29, 0.717) is 24.3 Å². The topological polar surface area (TPSA) is 84.9 Å². The van der Waals surface area contributed by atoms with E-state index in [1.165, 1.54) is 12.1 Å². The van der Waals surface area contributed by atoms with Crippen LogP contribution in [0.4, 0.5) is 10.1 Å². The number of halogens is 1. The Balaban J connectivity index is 1.57. The summed E-state index contributed by atoms with van der Waals surface area (Å²) < 4.78 is 23.9. The molecule has 2 aromatic rings. The molecular weight excluding hydrogens is 341 g/mol. The molecule has 6 nitrogen and oxygen atoms in total. The zero-order valence-electron chi connectivity index (χ0n) is 13.9. The SMILES string of the molecule is O=C(Nc1cccc(COc2cccc(F)c2)c1)[C@@H]1CC[C@H](C(=O)O)O1. The van der Waals surface area contributed by atoms with Gasteiger partial charge in [-0.2, -0.15) is 0 Å². The van der Waals surface area contributed by atoms with E-state index in [0.717, 1.165) is 5.56 Å². The van der Waals surface area contributed by atoms with Crippen molar-refractivity contribution in [1.29, 1.82) is 0 Å². The Morgan fingerprint density at radius 1 is 1.15 bits per heavy atom. The summed E-state index contributed by atoms with van der Waals surface area (Å²) in [7, 11) is 0. The lowest BCUT2D eigenvalue weighted by molar-refractivity contribution is -0.150. The Labute approximate surface area is 149 Å². The van der Waals surface area contributed by atoms with Crippen molar-refractivity contribution >= 4 is 17.6 Å². The molecule has 1 aliphatic heterocycles. The maximum Gasteiger partial charge on any atom is 0.332 e. The highest BCUT2D eigenvalue weighted by Gasteiger charge is 2.34. The molecule has 7 heteroatoms. The summed E-state index contributed by atoms with van der Waals surface area (Å²) >= 11 is 0. The van der Waals surface area contributed by atoms with Crippen LogP contribution in [0.2, 0.25) is 0 Å². The molecule has 0 unspecified atom stereocenters. The second-order valence-corrected chi connectivity index (χ2v) is 5.96. The number of carboxylic acid groups (broad SMARTS) is 1. The zero-order chi connectivity index (χ0) is 18.5. The first kappa shape index (κ1) is 17.9. The molecule has 1 fully saturated rings. The molecule has 0 aromatic heterocycles. The van der Waals surface area contributed by atoms with Gasteiger partial charge in [0, 0.05) is 11.8 Å². The molecule has 0 spiro atoms. The van der Waals surface area contributed by atoms with E-state index in [1.54, 1.807) is 30.3 Å². The van der Waals surface area contributed by atoms with Crippen LogP contribution < -0.4 is 10.1 Å². The number of ether oxygens (including phenoxy) is 2. The van der Waals surface area contributed by atoms with Gasteiger partial charge in [-0.15, -0.1) is 0 Å². The van der Waals surface area contributed by atoms with Crippen LogP contribution in [0.1, 0.15) is 18.4 Å². The van der Waals surface area contributed by atoms with Gasteiger partial charge in [0.2, 0.25) is 0 Å². The van der Waals surface area contributed by atoms with Crippen LogP contribution in [0, 0.1) is 5.82 Å². The van der Waals surface area contributed by atoms with E-state index in [1.807, 2.05) is 6.07 Å². The Bertz CT molecular complexity index is 810. The Hall–Kier alpha value is -2.93. The van der Waals surface area contributed by atoms with Crippen molar-refractivity contribution < 1.29 is 28.6 Å². The summed E-state index contributed by atoms with van der Waals surface area (Å²) in [5.41, 5.74) is 1.35. The normalized spacial score (nSPS) is 19.1. The molecule has 26 heavy (non-hydrogen) atoms.